The summed E-state index contributed by atoms with van der Waals surface area (Å²) in [6.45, 7) is 11.5. The molecule has 2 fully saturated rings. The molecule has 0 bridgehead atoms. The SMILES string of the molecule is Cc1cccc(C)c1NC(=O)C[NH+]1CCN(C(=O)C[NH+]2CCOCC2)CC1. The number of morpholine rings is 1. The molecule has 0 saturated carbocycles. The number of hydrogen-bond acceptors (Lipinski definition) is 3. The van der Waals surface area contributed by atoms with Gasteiger partial charge in [0.1, 0.15) is 13.1 Å². The minimum atomic E-state index is 0.0416. The Balaban J connectivity index is 1.42. The molecule has 2 saturated heterocycles. The number of hydrogen-bond donors (Lipinski definition) is 3. The molecule has 1 aromatic rings. The van der Waals surface area contributed by atoms with Crippen molar-refractivity contribution < 1.29 is 24.1 Å². The Morgan fingerprint density at radius 1 is 1.00 bits per heavy atom. The molecule has 2 aliphatic heterocycles. The molecule has 0 unspecified atom stereocenters. The number of rotatable bonds is 5. The lowest BCUT2D eigenvalue weighted by Crippen LogP contribution is -3.16. The van der Waals surface area contributed by atoms with Gasteiger partial charge in [0.05, 0.1) is 39.4 Å². The average Bonchev–Trinajstić information content (AvgIpc) is 2.66. The number of carbonyl (C=O) groups is 2. The first-order valence-electron chi connectivity index (χ1n) is 9.91. The summed E-state index contributed by atoms with van der Waals surface area (Å²) in [6, 6.07) is 6.02. The largest absolute Gasteiger partial charge is 0.370 e. The van der Waals surface area contributed by atoms with Gasteiger partial charge in [-0.25, -0.2) is 0 Å². The zero-order chi connectivity index (χ0) is 19.2. The van der Waals surface area contributed by atoms with Crippen molar-refractivity contribution in [3.05, 3.63) is 29.3 Å². The van der Waals surface area contributed by atoms with E-state index in [1.807, 2.05) is 36.9 Å². The lowest BCUT2D eigenvalue weighted by atomic mass is 10.1. The maximum atomic E-state index is 12.5. The molecule has 1 aromatic carbocycles. The molecule has 2 amide bonds. The van der Waals surface area contributed by atoms with E-state index in [0.717, 1.165) is 69.3 Å². The fourth-order valence-corrected chi connectivity index (χ4v) is 3.83. The molecule has 0 atom stereocenters. The van der Waals surface area contributed by atoms with Gasteiger partial charge in [-0.3, -0.25) is 9.59 Å². The lowest BCUT2D eigenvalue weighted by molar-refractivity contribution is -0.902. The highest BCUT2D eigenvalue weighted by Gasteiger charge is 2.28. The predicted molar refractivity (Wildman–Crippen MR) is 103 cm³/mol. The molecular formula is C20H32N4O3+2. The molecule has 0 aromatic heterocycles. The molecule has 27 heavy (non-hydrogen) atoms. The summed E-state index contributed by atoms with van der Waals surface area (Å²) >= 11 is 0. The van der Waals surface area contributed by atoms with Gasteiger partial charge < -0.3 is 24.8 Å². The predicted octanol–water partition coefficient (Wildman–Crippen LogP) is -2.12. The van der Waals surface area contributed by atoms with Crippen LogP contribution in [0.25, 0.3) is 0 Å². The van der Waals surface area contributed by atoms with Crippen LogP contribution < -0.4 is 15.1 Å². The minimum absolute atomic E-state index is 0.0416. The van der Waals surface area contributed by atoms with Crippen LogP contribution in [0.2, 0.25) is 0 Å². The average molecular weight is 377 g/mol. The van der Waals surface area contributed by atoms with Crippen LogP contribution in [-0.4, -0.2) is 82.3 Å². The van der Waals surface area contributed by atoms with Gasteiger partial charge in [0, 0.05) is 5.69 Å². The van der Waals surface area contributed by atoms with E-state index in [2.05, 4.69) is 5.32 Å². The fourth-order valence-electron chi connectivity index (χ4n) is 3.83. The van der Waals surface area contributed by atoms with E-state index in [1.165, 1.54) is 9.80 Å². The van der Waals surface area contributed by atoms with Crippen LogP contribution in [-0.2, 0) is 14.3 Å². The van der Waals surface area contributed by atoms with Crippen LogP contribution in [0.3, 0.4) is 0 Å². The molecule has 0 radical (unpaired) electrons. The number of amides is 2. The van der Waals surface area contributed by atoms with Crippen LogP contribution in [0.5, 0.6) is 0 Å². The first kappa shape index (κ1) is 19.8. The maximum Gasteiger partial charge on any atom is 0.279 e. The van der Waals surface area contributed by atoms with Crippen LogP contribution in [0.15, 0.2) is 18.2 Å². The highest BCUT2D eigenvalue weighted by molar-refractivity contribution is 5.93. The van der Waals surface area contributed by atoms with Crippen molar-refractivity contribution >= 4 is 17.5 Å². The number of carbonyl (C=O) groups excluding carboxylic acids is 2. The van der Waals surface area contributed by atoms with Gasteiger partial charge in [-0.1, -0.05) is 18.2 Å². The van der Waals surface area contributed by atoms with Gasteiger partial charge in [-0.15, -0.1) is 0 Å². The summed E-state index contributed by atoms with van der Waals surface area (Å²) in [7, 11) is 0. The number of anilines is 1. The van der Waals surface area contributed by atoms with Crippen molar-refractivity contribution in [1.82, 2.24) is 4.90 Å². The molecule has 7 heteroatoms. The van der Waals surface area contributed by atoms with E-state index in [-0.39, 0.29) is 11.8 Å². The number of nitrogens with one attached hydrogen (secondary N) is 3. The van der Waals surface area contributed by atoms with E-state index in [9.17, 15) is 9.59 Å². The summed E-state index contributed by atoms with van der Waals surface area (Å²) in [5.74, 6) is 0.269. The van der Waals surface area contributed by atoms with Crippen molar-refractivity contribution in [1.29, 1.82) is 0 Å². The molecular weight excluding hydrogens is 344 g/mol. The summed E-state index contributed by atoms with van der Waals surface area (Å²) in [6.07, 6.45) is 0. The monoisotopic (exact) mass is 376 g/mol. The molecule has 0 spiro atoms. The third-order valence-corrected chi connectivity index (χ3v) is 5.58. The second-order valence-electron chi connectivity index (χ2n) is 7.66. The Kier molecular flexibility index (Phi) is 6.82. The van der Waals surface area contributed by atoms with Crippen molar-refractivity contribution in [2.45, 2.75) is 13.8 Å². The van der Waals surface area contributed by atoms with Crippen LogP contribution in [0, 0.1) is 13.8 Å². The number of benzene rings is 1. The maximum absolute atomic E-state index is 12.5. The first-order chi connectivity index (χ1) is 13.0. The summed E-state index contributed by atoms with van der Waals surface area (Å²) in [5.41, 5.74) is 3.09. The van der Waals surface area contributed by atoms with Gasteiger partial charge in [0.15, 0.2) is 13.1 Å². The number of para-hydroxylation sites is 1. The van der Waals surface area contributed by atoms with Crippen molar-refractivity contribution in [3.63, 3.8) is 0 Å². The second-order valence-corrected chi connectivity index (χ2v) is 7.66. The molecule has 3 rings (SSSR count). The minimum Gasteiger partial charge on any atom is -0.370 e. The Labute approximate surface area is 161 Å². The summed E-state index contributed by atoms with van der Waals surface area (Å²) in [4.78, 5) is 29.4. The van der Waals surface area contributed by atoms with E-state index < -0.39 is 0 Å². The fraction of sp³-hybridized carbons (Fsp3) is 0.600. The van der Waals surface area contributed by atoms with Gasteiger partial charge in [-0.05, 0) is 25.0 Å². The Bertz CT molecular complexity index is 645. The van der Waals surface area contributed by atoms with E-state index in [0.29, 0.717) is 13.1 Å². The lowest BCUT2D eigenvalue weighted by Gasteiger charge is -2.33. The third kappa shape index (κ3) is 5.51. The van der Waals surface area contributed by atoms with Gasteiger partial charge in [0.2, 0.25) is 0 Å². The van der Waals surface area contributed by atoms with E-state index in [4.69, 9.17) is 4.74 Å². The quantitative estimate of drug-likeness (QED) is 0.551. The topological polar surface area (TPSA) is 67.5 Å². The Hall–Kier alpha value is -1.96. The Morgan fingerprint density at radius 2 is 1.59 bits per heavy atom. The van der Waals surface area contributed by atoms with Crippen molar-refractivity contribution in [2.24, 2.45) is 0 Å². The standard InChI is InChI=1S/C20H30N4O3/c1-16-4-3-5-17(2)20(16)21-18(25)14-22-6-8-24(9-7-22)19(26)15-23-10-12-27-13-11-23/h3-5H,6-15H2,1-2H3,(H,21,25)/p+2. The zero-order valence-corrected chi connectivity index (χ0v) is 16.5. The van der Waals surface area contributed by atoms with E-state index in [1.54, 1.807) is 0 Å². The number of aryl methyl sites for hydroxylation is 2. The molecule has 148 valence electrons. The normalized spacial score (nSPS) is 19.1. The number of ether oxygens (including phenoxy) is 1. The zero-order valence-electron chi connectivity index (χ0n) is 16.5. The first-order valence-corrected chi connectivity index (χ1v) is 9.91. The summed E-state index contributed by atoms with van der Waals surface area (Å²) < 4.78 is 5.35. The second kappa shape index (κ2) is 9.30. The van der Waals surface area contributed by atoms with Crippen LogP contribution in [0.1, 0.15) is 11.1 Å². The van der Waals surface area contributed by atoms with Crippen LogP contribution >= 0.6 is 0 Å². The number of nitrogens with zero attached hydrogens (tertiary/aromatic N) is 1. The molecule has 2 aliphatic rings. The third-order valence-electron chi connectivity index (χ3n) is 5.58. The highest BCUT2D eigenvalue weighted by atomic mass is 16.5. The molecule has 7 nitrogen and oxygen atoms in total. The van der Waals surface area contributed by atoms with Crippen molar-refractivity contribution in [2.75, 3.05) is 70.9 Å². The molecule has 2 heterocycles. The van der Waals surface area contributed by atoms with Gasteiger partial charge in [0.25, 0.3) is 11.8 Å². The van der Waals surface area contributed by atoms with Crippen molar-refractivity contribution in [3.8, 4) is 0 Å². The number of piperazine rings is 1. The van der Waals surface area contributed by atoms with Crippen LogP contribution in [0.4, 0.5) is 5.69 Å². The smallest absolute Gasteiger partial charge is 0.279 e. The summed E-state index contributed by atoms with van der Waals surface area (Å²) in [5, 5.41) is 3.06. The van der Waals surface area contributed by atoms with E-state index >= 15 is 0 Å². The van der Waals surface area contributed by atoms with Gasteiger partial charge >= 0.3 is 0 Å². The Morgan fingerprint density at radius 3 is 2.22 bits per heavy atom. The highest BCUT2D eigenvalue weighted by Crippen LogP contribution is 2.18. The van der Waals surface area contributed by atoms with Gasteiger partial charge in [-0.2, -0.15) is 0 Å². The molecule has 0 aliphatic carbocycles. The molecule has 3 N–H and O–H groups in total. The number of quaternary nitrogens is 2.